The van der Waals surface area contributed by atoms with Crippen LogP contribution in [0.4, 0.5) is 17.1 Å². The first-order chi connectivity index (χ1) is 13.6. The lowest BCUT2D eigenvalue weighted by molar-refractivity contribution is -0.393. The van der Waals surface area contributed by atoms with Crippen LogP contribution in [0.25, 0.3) is 0 Å². The number of nitro groups is 2. The van der Waals surface area contributed by atoms with Crippen molar-refractivity contribution in [1.29, 1.82) is 0 Å². The number of nitrogens with two attached hydrogens (primary N) is 1. The zero-order valence-electron chi connectivity index (χ0n) is 15.1. The number of hydrogen-bond donors (Lipinski definition) is 3. The maximum Gasteiger partial charge on any atom is 0.326 e. The monoisotopic (exact) mass is 409 g/mol. The summed E-state index contributed by atoms with van der Waals surface area (Å²) in [6.07, 6.45) is 0.383. The predicted molar refractivity (Wildman–Crippen MR) is 98.1 cm³/mol. The molecule has 4 N–H and O–H groups in total. The van der Waals surface area contributed by atoms with Gasteiger partial charge in [0.15, 0.2) is 0 Å². The summed E-state index contributed by atoms with van der Waals surface area (Å²) in [5.74, 6) is -2.73. The van der Waals surface area contributed by atoms with Gasteiger partial charge in [-0.05, 0) is 25.3 Å². The van der Waals surface area contributed by atoms with E-state index in [0.29, 0.717) is 12.8 Å². The van der Waals surface area contributed by atoms with Crippen LogP contribution in [0, 0.1) is 20.2 Å². The van der Waals surface area contributed by atoms with Crippen molar-refractivity contribution in [2.45, 2.75) is 37.8 Å². The highest BCUT2D eigenvalue weighted by molar-refractivity contribution is 5.90. The number of carboxylic acid groups (broad SMARTS) is 1. The van der Waals surface area contributed by atoms with Gasteiger partial charge in [-0.25, -0.2) is 4.79 Å². The summed E-state index contributed by atoms with van der Waals surface area (Å²) in [5.41, 5.74) is 4.05. The molecule has 1 saturated heterocycles. The molecule has 29 heavy (non-hydrogen) atoms. The second kappa shape index (κ2) is 8.95. The predicted octanol–water partition coefficient (Wildman–Crippen LogP) is 0.307. The molecule has 0 unspecified atom stereocenters. The molecule has 13 nitrogen and oxygen atoms in total. The highest BCUT2D eigenvalue weighted by atomic mass is 16.6. The summed E-state index contributed by atoms with van der Waals surface area (Å²) in [5, 5.41) is 33.8. The van der Waals surface area contributed by atoms with Crippen molar-refractivity contribution in [2.75, 3.05) is 11.4 Å². The molecule has 0 aliphatic carbocycles. The Morgan fingerprint density at radius 2 is 1.97 bits per heavy atom. The number of carboxylic acids is 1. The summed E-state index contributed by atoms with van der Waals surface area (Å²) in [4.78, 5) is 57.0. The van der Waals surface area contributed by atoms with Gasteiger partial charge in [-0.2, -0.15) is 0 Å². The van der Waals surface area contributed by atoms with E-state index in [-0.39, 0.29) is 25.1 Å². The minimum atomic E-state index is -1.34. The number of hydrogen-bond acceptors (Lipinski definition) is 8. The lowest BCUT2D eigenvalue weighted by Gasteiger charge is -2.26. The number of benzene rings is 1. The van der Waals surface area contributed by atoms with Crippen molar-refractivity contribution in [3.63, 3.8) is 0 Å². The Balaban J connectivity index is 2.26. The van der Waals surface area contributed by atoms with Crippen molar-refractivity contribution in [3.8, 4) is 0 Å². The molecular formula is C16H19N5O8. The minimum absolute atomic E-state index is 0.0299. The van der Waals surface area contributed by atoms with E-state index in [9.17, 15) is 39.7 Å². The molecule has 0 radical (unpaired) electrons. The van der Waals surface area contributed by atoms with Crippen LogP contribution < -0.4 is 16.0 Å². The minimum Gasteiger partial charge on any atom is -0.480 e. The molecule has 1 fully saturated rings. The SMILES string of the molecule is NC(=O)CC[C@H](NC(=O)[C@@H]1CCCN1c1ccc([N+](=O)[O-])cc1[N+](=O)[O-])C(=O)O. The van der Waals surface area contributed by atoms with Gasteiger partial charge in [0.2, 0.25) is 11.8 Å². The highest BCUT2D eigenvalue weighted by Gasteiger charge is 2.36. The van der Waals surface area contributed by atoms with E-state index in [1.54, 1.807) is 0 Å². The largest absolute Gasteiger partial charge is 0.480 e. The number of aliphatic carboxylic acids is 1. The van der Waals surface area contributed by atoms with Crippen LogP contribution in [0.15, 0.2) is 18.2 Å². The molecule has 0 aromatic heterocycles. The standard InChI is InChI=1S/C16H19N5O8/c17-14(22)6-4-10(16(24)25)18-15(23)12-2-1-7-19(12)11-5-3-9(20(26)27)8-13(11)21(28)29/h3,5,8,10,12H,1-2,4,6-7H2,(H2,17,22)(H,18,23)(H,24,25)/t10-,12-/m0/s1. The van der Waals surface area contributed by atoms with Gasteiger partial charge in [-0.1, -0.05) is 0 Å². The number of nitro benzene ring substituents is 2. The molecule has 2 rings (SSSR count). The van der Waals surface area contributed by atoms with Crippen LogP contribution in [0.5, 0.6) is 0 Å². The number of amides is 2. The number of nitrogens with one attached hydrogen (secondary N) is 1. The molecule has 1 aliphatic heterocycles. The number of primary amides is 1. The molecule has 0 spiro atoms. The third kappa shape index (κ3) is 5.15. The van der Waals surface area contributed by atoms with Gasteiger partial charge in [0, 0.05) is 19.0 Å². The highest BCUT2D eigenvalue weighted by Crippen LogP contribution is 2.36. The normalized spacial score (nSPS) is 16.8. The Hall–Kier alpha value is -3.77. The van der Waals surface area contributed by atoms with Crippen LogP contribution in [0.1, 0.15) is 25.7 Å². The van der Waals surface area contributed by atoms with E-state index in [1.807, 2.05) is 0 Å². The van der Waals surface area contributed by atoms with Crippen molar-refractivity contribution >= 4 is 34.8 Å². The van der Waals surface area contributed by atoms with Gasteiger partial charge in [-0.15, -0.1) is 0 Å². The van der Waals surface area contributed by atoms with Gasteiger partial charge in [-0.3, -0.25) is 29.8 Å². The molecule has 1 aromatic carbocycles. The molecule has 156 valence electrons. The smallest absolute Gasteiger partial charge is 0.326 e. The number of carbonyl (C=O) groups excluding carboxylic acids is 2. The maximum atomic E-state index is 12.6. The van der Waals surface area contributed by atoms with Crippen LogP contribution >= 0.6 is 0 Å². The third-order valence-corrected chi connectivity index (χ3v) is 4.53. The second-order valence-electron chi connectivity index (χ2n) is 6.44. The fraction of sp³-hybridized carbons (Fsp3) is 0.438. The summed E-state index contributed by atoms with van der Waals surface area (Å²) in [7, 11) is 0. The van der Waals surface area contributed by atoms with Gasteiger partial charge in [0.25, 0.3) is 11.4 Å². The van der Waals surface area contributed by atoms with Gasteiger partial charge in [0.05, 0.1) is 15.9 Å². The molecule has 1 heterocycles. The van der Waals surface area contributed by atoms with E-state index in [0.717, 1.165) is 12.1 Å². The Kier molecular flexibility index (Phi) is 6.64. The van der Waals surface area contributed by atoms with Crippen LogP contribution in [-0.4, -0.2) is 51.4 Å². The Morgan fingerprint density at radius 1 is 1.28 bits per heavy atom. The lowest BCUT2D eigenvalue weighted by Crippen LogP contribution is -2.50. The van der Waals surface area contributed by atoms with Crippen LogP contribution in [0.2, 0.25) is 0 Å². The zero-order valence-corrected chi connectivity index (χ0v) is 15.1. The first-order valence-corrected chi connectivity index (χ1v) is 8.62. The third-order valence-electron chi connectivity index (χ3n) is 4.53. The fourth-order valence-corrected chi connectivity index (χ4v) is 3.15. The maximum absolute atomic E-state index is 12.6. The molecule has 0 saturated carbocycles. The molecule has 2 atom stereocenters. The molecule has 0 bridgehead atoms. The summed E-state index contributed by atoms with van der Waals surface area (Å²) < 4.78 is 0. The number of carbonyl (C=O) groups is 3. The number of nitrogens with zero attached hydrogens (tertiary/aromatic N) is 3. The van der Waals surface area contributed by atoms with Crippen LogP contribution in [-0.2, 0) is 14.4 Å². The van der Waals surface area contributed by atoms with E-state index in [1.165, 1.54) is 11.0 Å². The van der Waals surface area contributed by atoms with E-state index in [4.69, 9.17) is 5.73 Å². The molecule has 1 aliphatic rings. The first-order valence-electron chi connectivity index (χ1n) is 8.62. The molecule has 2 amide bonds. The summed E-state index contributed by atoms with van der Waals surface area (Å²) in [6, 6.07) is 0.872. The summed E-state index contributed by atoms with van der Waals surface area (Å²) >= 11 is 0. The average molecular weight is 409 g/mol. The topological polar surface area (TPSA) is 199 Å². The lowest BCUT2D eigenvalue weighted by atomic mass is 10.1. The average Bonchev–Trinajstić information content (AvgIpc) is 3.13. The Labute approximate surface area is 163 Å². The zero-order chi connectivity index (χ0) is 21.7. The van der Waals surface area contributed by atoms with E-state index >= 15 is 0 Å². The van der Waals surface area contributed by atoms with Crippen molar-refractivity contribution in [2.24, 2.45) is 5.73 Å². The second-order valence-corrected chi connectivity index (χ2v) is 6.44. The summed E-state index contributed by atoms with van der Waals surface area (Å²) in [6.45, 7) is 0.274. The number of anilines is 1. The van der Waals surface area contributed by atoms with Crippen LogP contribution in [0.3, 0.4) is 0 Å². The molecule has 1 aromatic rings. The van der Waals surface area contributed by atoms with Gasteiger partial charge >= 0.3 is 5.97 Å². The molecular weight excluding hydrogens is 390 g/mol. The number of non-ortho nitro benzene ring substituents is 1. The van der Waals surface area contributed by atoms with Gasteiger partial charge < -0.3 is 21.1 Å². The van der Waals surface area contributed by atoms with E-state index in [2.05, 4.69) is 5.32 Å². The van der Waals surface area contributed by atoms with E-state index < -0.39 is 51.1 Å². The van der Waals surface area contributed by atoms with Crippen molar-refractivity contribution in [1.82, 2.24) is 5.32 Å². The first kappa shape index (κ1) is 21.5. The number of rotatable bonds is 9. The Bertz CT molecular complexity index is 858. The Morgan fingerprint density at radius 3 is 2.52 bits per heavy atom. The quantitative estimate of drug-likeness (QED) is 0.379. The van der Waals surface area contributed by atoms with Crippen molar-refractivity contribution in [3.05, 3.63) is 38.4 Å². The van der Waals surface area contributed by atoms with Crippen molar-refractivity contribution < 1.29 is 29.3 Å². The van der Waals surface area contributed by atoms with Gasteiger partial charge in [0.1, 0.15) is 17.8 Å². The fourth-order valence-electron chi connectivity index (χ4n) is 3.15. The molecule has 13 heteroatoms.